The van der Waals surface area contributed by atoms with Crippen molar-refractivity contribution in [1.82, 2.24) is 9.88 Å². The van der Waals surface area contributed by atoms with Crippen molar-refractivity contribution in [1.29, 1.82) is 0 Å². The van der Waals surface area contributed by atoms with Crippen molar-refractivity contribution in [3.05, 3.63) is 53.1 Å². The number of piperazine rings is 1. The van der Waals surface area contributed by atoms with Gasteiger partial charge in [-0.05, 0) is 49.4 Å². The van der Waals surface area contributed by atoms with E-state index in [4.69, 9.17) is 26.1 Å². The summed E-state index contributed by atoms with van der Waals surface area (Å²) >= 11 is 7.78. The van der Waals surface area contributed by atoms with Crippen molar-refractivity contribution in [2.45, 2.75) is 6.92 Å². The summed E-state index contributed by atoms with van der Waals surface area (Å²) in [6.07, 6.45) is 0. The lowest BCUT2D eigenvalue weighted by atomic mass is 10.2. The number of halogens is 1. The number of esters is 1. The molecule has 0 unspecified atom stereocenters. The van der Waals surface area contributed by atoms with Gasteiger partial charge in [0.2, 0.25) is 0 Å². The monoisotopic (exact) mass is 445 g/mol. The summed E-state index contributed by atoms with van der Waals surface area (Å²) in [4.78, 5) is 21.2. The number of hydrogen-bond acceptors (Lipinski definition) is 7. The number of anilines is 1. The number of benzene rings is 2. The summed E-state index contributed by atoms with van der Waals surface area (Å²) in [5, 5.41) is 1.81. The normalized spacial score (nSPS) is 14.8. The number of aromatic nitrogens is 1. The van der Waals surface area contributed by atoms with Crippen molar-refractivity contribution in [2.24, 2.45) is 0 Å². The molecule has 1 fully saturated rings. The standard InChI is InChI=1S/C22H24ClN3O3S/c1-2-28-21(27)16-3-6-18(7-4-16)29-14-13-25-9-11-26(12-10-25)22-24-19-8-5-17(23)15-20(19)30-22/h3-8,15H,2,9-14H2,1H3. The Kier molecular flexibility index (Phi) is 6.72. The van der Waals surface area contributed by atoms with Crippen LogP contribution in [0.25, 0.3) is 10.2 Å². The van der Waals surface area contributed by atoms with E-state index in [2.05, 4.69) is 9.80 Å². The highest BCUT2D eigenvalue weighted by Gasteiger charge is 2.20. The third-order valence-electron chi connectivity index (χ3n) is 5.02. The second-order valence-electron chi connectivity index (χ2n) is 7.03. The molecule has 1 aliphatic heterocycles. The fraction of sp³-hybridized carbons (Fsp3) is 0.364. The second-order valence-corrected chi connectivity index (χ2v) is 8.48. The lowest BCUT2D eigenvalue weighted by Crippen LogP contribution is -2.47. The van der Waals surface area contributed by atoms with E-state index in [9.17, 15) is 4.79 Å². The van der Waals surface area contributed by atoms with Crippen molar-refractivity contribution in [2.75, 3.05) is 50.8 Å². The van der Waals surface area contributed by atoms with Crippen LogP contribution < -0.4 is 9.64 Å². The molecule has 3 aromatic rings. The Morgan fingerprint density at radius 1 is 1.13 bits per heavy atom. The number of rotatable bonds is 7. The first-order valence-corrected chi connectivity index (χ1v) is 11.2. The van der Waals surface area contributed by atoms with E-state index in [-0.39, 0.29) is 5.97 Å². The number of carbonyl (C=O) groups is 1. The van der Waals surface area contributed by atoms with Crippen LogP contribution >= 0.6 is 22.9 Å². The summed E-state index contributed by atoms with van der Waals surface area (Å²) < 4.78 is 12.0. The summed E-state index contributed by atoms with van der Waals surface area (Å²) in [6, 6.07) is 12.9. The number of nitrogens with zero attached hydrogens (tertiary/aromatic N) is 3. The highest BCUT2D eigenvalue weighted by atomic mass is 35.5. The van der Waals surface area contributed by atoms with Crippen molar-refractivity contribution < 1.29 is 14.3 Å². The highest BCUT2D eigenvalue weighted by Crippen LogP contribution is 2.31. The zero-order chi connectivity index (χ0) is 20.9. The minimum Gasteiger partial charge on any atom is -0.492 e. The summed E-state index contributed by atoms with van der Waals surface area (Å²) in [5.74, 6) is 0.452. The molecule has 1 aromatic heterocycles. The molecule has 2 heterocycles. The third kappa shape index (κ3) is 5.03. The van der Waals surface area contributed by atoms with Gasteiger partial charge in [0.15, 0.2) is 5.13 Å². The van der Waals surface area contributed by atoms with Gasteiger partial charge in [0.05, 0.1) is 22.4 Å². The number of hydrogen-bond donors (Lipinski definition) is 0. The largest absolute Gasteiger partial charge is 0.492 e. The molecule has 1 saturated heterocycles. The first-order chi connectivity index (χ1) is 14.6. The molecule has 2 aromatic carbocycles. The van der Waals surface area contributed by atoms with Gasteiger partial charge in [0, 0.05) is 37.7 Å². The Morgan fingerprint density at radius 2 is 1.90 bits per heavy atom. The summed E-state index contributed by atoms with van der Waals surface area (Å²) in [7, 11) is 0. The summed E-state index contributed by atoms with van der Waals surface area (Å²) in [5.41, 5.74) is 1.54. The van der Waals surface area contributed by atoms with Gasteiger partial charge in [-0.15, -0.1) is 0 Å². The van der Waals surface area contributed by atoms with Crippen LogP contribution in [0.15, 0.2) is 42.5 Å². The van der Waals surface area contributed by atoms with Gasteiger partial charge in [-0.2, -0.15) is 0 Å². The van der Waals surface area contributed by atoms with Crippen molar-refractivity contribution in [3.63, 3.8) is 0 Å². The molecule has 0 bridgehead atoms. The van der Waals surface area contributed by atoms with Crippen LogP contribution in [-0.4, -0.2) is 61.8 Å². The Bertz CT molecular complexity index is 1000. The molecular formula is C22H24ClN3O3S. The van der Waals surface area contributed by atoms with Gasteiger partial charge in [-0.1, -0.05) is 22.9 Å². The molecule has 4 rings (SSSR count). The zero-order valence-electron chi connectivity index (χ0n) is 16.8. The van der Waals surface area contributed by atoms with Gasteiger partial charge in [-0.3, -0.25) is 4.90 Å². The fourth-order valence-electron chi connectivity index (χ4n) is 3.38. The molecule has 6 nitrogen and oxygen atoms in total. The third-order valence-corrected chi connectivity index (χ3v) is 6.34. The predicted molar refractivity (Wildman–Crippen MR) is 121 cm³/mol. The Hall–Kier alpha value is -2.35. The quantitative estimate of drug-likeness (QED) is 0.504. The lowest BCUT2D eigenvalue weighted by molar-refractivity contribution is 0.0526. The molecule has 0 spiro atoms. The molecule has 30 heavy (non-hydrogen) atoms. The van der Waals surface area contributed by atoms with Gasteiger partial charge in [-0.25, -0.2) is 9.78 Å². The Morgan fingerprint density at radius 3 is 2.63 bits per heavy atom. The average Bonchev–Trinajstić information content (AvgIpc) is 3.18. The molecule has 8 heteroatoms. The van der Waals surface area contributed by atoms with Crippen molar-refractivity contribution in [3.8, 4) is 5.75 Å². The molecule has 0 radical (unpaired) electrons. The minimum absolute atomic E-state index is 0.307. The van der Waals surface area contributed by atoms with E-state index in [1.54, 1.807) is 30.4 Å². The first kappa shape index (κ1) is 20.9. The van der Waals surface area contributed by atoms with Crippen LogP contribution in [0.4, 0.5) is 5.13 Å². The fourth-order valence-corrected chi connectivity index (χ4v) is 4.67. The van der Waals surface area contributed by atoms with Crippen LogP contribution in [-0.2, 0) is 4.74 Å². The SMILES string of the molecule is CCOC(=O)c1ccc(OCCN2CCN(c3nc4ccc(Cl)cc4s3)CC2)cc1. The lowest BCUT2D eigenvalue weighted by Gasteiger charge is -2.34. The summed E-state index contributed by atoms with van der Waals surface area (Å²) in [6.45, 7) is 7.48. The van der Waals surface area contributed by atoms with E-state index < -0.39 is 0 Å². The van der Waals surface area contributed by atoms with Gasteiger partial charge in [0.1, 0.15) is 12.4 Å². The van der Waals surface area contributed by atoms with E-state index in [0.717, 1.165) is 58.8 Å². The Balaban J connectivity index is 1.22. The van der Waals surface area contributed by atoms with Crippen LogP contribution in [0.1, 0.15) is 17.3 Å². The average molecular weight is 446 g/mol. The number of fused-ring (bicyclic) bond motifs is 1. The van der Waals surface area contributed by atoms with E-state index >= 15 is 0 Å². The maximum Gasteiger partial charge on any atom is 0.338 e. The van der Waals surface area contributed by atoms with Crippen LogP contribution in [0.3, 0.4) is 0 Å². The predicted octanol–water partition coefficient (Wildman–Crippen LogP) is 4.33. The number of carbonyl (C=O) groups excluding carboxylic acids is 1. The van der Waals surface area contributed by atoms with Crippen molar-refractivity contribution >= 4 is 44.3 Å². The molecule has 0 amide bonds. The molecule has 0 aliphatic carbocycles. The molecule has 0 atom stereocenters. The Labute approximate surface area is 185 Å². The first-order valence-electron chi connectivity index (χ1n) is 10.1. The minimum atomic E-state index is -0.307. The molecular weight excluding hydrogens is 422 g/mol. The zero-order valence-corrected chi connectivity index (χ0v) is 18.4. The van der Waals surface area contributed by atoms with Gasteiger partial charge >= 0.3 is 5.97 Å². The molecule has 158 valence electrons. The number of ether oxygens (including phenoxy) is 2. The van der Waals surface area contributed by atoms with Crippen LogP contribution in [0, 0.1) is 0 Å². The number of thiazole rings is 1. The van der Waals surface area contributed by atoms with E-state index in [1.807, 2.05) is 30.3 Å². The van der Waals surface area contributed by atoms with Crippen LogP contribution in [0.5, 0.6) is 5.75 Å². The van der Waals surface area contributed by atoms with E-state index in [1.165, 1.54) is 0 Å². The maximum atomic E-state index is 11.7. The van der Waals surface area contributed by atoms with E-state index in [0.29, 0.717) is 18.8 Å². The van der Waals surface area contributed by atoms with Crippen LogP contribution in [0.2, 0.25) is 5.02 Å². The highest BCUT2D eigenvalue weighted by molar-refractivity contribution is 7.22. The smallest absolute Gasteiger partial charge is 0.338 e. The maximum absolute atomic E-state index is 11.7. The molecule has 0 saturated carbocycles. The van der Waals surface area contributed by atoms with Gasteiger partial charge in [0.25, 0.3) is 0 Å². The second kappa shape index (κ2) is 9.64. The topological polar surface area (TPSA) is 54.9 Å². The van der Waals surface area contributed by atoms with Gasteiger partial charge < -0.3 is 14.4 Å². The molecule has 0 N–H and O–H groups in total. The molecule has 1 aliphatic rings.